The molecule has 0 atom stereocenters. The second-order valence-corrected chi connectivity index (χ2v) is 7.80. The maximum Gasteiger partial charge on any atom is 0.254 e. The lowest BCUT2D eigenvalue weighted by atomic mass is 10.2. The van der Waals surface area contributed by atoms with Crippen LogP contribution in [0.1, 0.15) is 29.0 Å². The zero-order chi connectivity index (χ0) is 23.0. The SMILES string of the molecule is COc1cccc(OCCCCn2c(CN(C)C(=O)c3ccncc3)nc3ccccc32)c1. The van der Waals surface area contributed by atoms with Gasteiger partial charge in [-0.15, -0.1) is 0 Å². The van der Waals surface area contributed by atoms with Crippen LogP contribution in [-0.4, -0.2) is 46.1 Å². The first-order chi connectivity index (χ1) is 16.2. The van der Waals surface area contributed by atoms with Gasteiger partial charge in [-0.3, -0.25) is 9.78 Å². The van der Waals surface area contributed by atoms with Crippen LogP contribution in [0.5, 0.6) is 11.5 Å². The van der Waals surface area contributed by atoms with Gasteiger partial charge in [0.1, 0.15) is 17.3 Å². The summed E-state index contributed by atoms with van der Waals surface area (Å²) in [5.74, 6) is 2.41. The molecule has 0 N–H and O–H groups in total. The van der Waals surface area contributed by atoms with Crippen molar-refractivity contribution in [3.05, 3.63) is 84.4 Å². The number of rotatable bonds is 10. The van der Waals surface area contributed by atoms with Crippen LogP contribution in [0.3, 0.4) is 0 Å². The van der Waals surface area contributed by atoms with E-state index in [1.54, 1.807) is 43.6 Å². The number of amides is 1. The highest BCUT2D eigenvalue weighted by Crippen LogP contribution is 2.20. The van der Waals surface area contributed by atoms with Crippen molar-refractivity contribution in [1.29, 1.82) is 0 Å². The zero-order valence-corrected chi connectivity index (χ0v) is 19.0. The zero-order valence-electron chi connectivity index (χ0n) is 19.0. The van der Waals surface area contributed by atoms with Gasteiger partial charge in [-0.1, -0.05) is 18.2 Å². The molecular weight excluding hydrogens is 416 g/mol. The summed E-state index contributed by atoms with van der Waals surface area (Å²) in [7, 11) is 3.45. The Bertz CT molecular complexity index is 1210. The number of aryl methyl sites for hydroxylation is 1. The van der Waals surface area contributed by atoms with Gasteiger partial charge in [-0.05, 0) is 49.2 Å². The van der Waals surface area contributed by atoms with Crippen LogP contribution in [0, 0.1) is 0 Å². The van der Waals surface area contributed by atoms with Crippen molar-refractivity contribution in [3.8, 4) is 11.5 Å². The van der Waals surface area contributed by atoms with Crippen LogP contribution in [-0.2, 0) is 13.1 Å². The Hall–Kier alpha value is -3.87. The number of ether oxygens (including phenoxy) is 2. The number of imidazole rings is 1. The second kappa shape index (κ2) is 10.6. The first-order valence-corrected chi connectivity index (χ1v) is 11.0. The molecule has 7 nitrogen and oxygen atoms in total. The van der Waals surface area contributed by atoms with E-state index in [0.29, 0.717) is 18.7 Å². The summed E-state index contributed by atoms with van der Waals surface area (Å²) in [4.78, 5) is 23.3. The molecule has 2 aromatic heterocycles. The van der Waals surface area contributed by atoms with Gasteiger partial charge in [-0.2, -0.15) is 0 Å². The summed E-state index contributed by atoms with van der Waals surface area (Å²) < 4.78 is 13.3. The minimum absolute atomic E-state index is 0.0531. The van der Waals surface area contributed by atoms with E-state index in [2.05, 4.69) is 15.6 Å². The van der Waals surface area contributed by atoms with E-state index < -0.39 is 0 Å². The lowest BCUT2D eigenvalue weighted by Gasteiger charge is -2.18. The van der Waals surface area contributed by atoms with Crippen molar-refractivity contribution in [2.45, 2.75) is 25.9 Å². The fourth-order valence-corrected chi connectivity index (χ4v) is 3.75. The van der Waals surface area contributed by atoms with Crippen molar-refractivity contribution in [2.24, 2.45) is 0 Å². The normalized spacial score (nSPS) is 10.8. The Kier molecular flexibility index (Phi) is 7.19. The molecule has 0 spiro atoms. The molecule has 170 valence electrons. The third-order valence-corrected chi connectivity index (χ3v) is 5.47. The molecule has 0 fully saturated rings. The van der Waals surface area contributed by atoms with Gasteiger partial charge in [0.25, 0.3) is 5.91 Å². The van der Waals surface area contributed by atoms with Crippen LogP contribution < -0.4 is 9.47 Å². The van der Waals surface area contributed by atoms with Crippen LogP contribution in [0.15, 0.2) is 73.1 Å². The van der Waals surface area contributed by atoms with E-state index in [4.69, 9.17) is 14.5 Å². The number of aromatic nitrogens is 3. The molecule has 1 amide bonds. The highest BCUT2D eigenvalue weighted by molar-refractivity contribution is 5.93. The van der Waals surface area contributed by atoms with Gasteiger partial charge in [0, 0.05) is 37.6 Å². The molecule has 0 saturated heterocycles. The predicted octanol–water partition coefficient (Wildman–Crippen LogP) is 4.57. The Morgan fingerprint density at radius 2 is 1.79 bits per heavy atom. The molecule has 0 bridgehead atoms. The lowest BCUT2D eigenvalue weighted by Crippen LogP contribution is -2.27. The Morgan fingerprint density at radius 1 is 1.00 bits per heavy atom. The first kappa shape index (κ1) is 22.3. The van der Waals surface area contributed by atoms with Crippen LogP contribution >= 0.6 is 0 Å². The van der Waals surface area contributed by atoms with Crippen LogP contribution in [0.4, 0.5) is 0 Å². The number of fused-ring (bicyclic) bond motifs is 1. The van der Waals surface area contributed by atoms with Crippen LogP contribution in [0.2, 0.25) is 0 Å². The number of carbonyl (C=O) groups excluding carboxylic acids is 1. The Balaban J connectivity index is 1.40. The van der Waals surface area contributed by atoms with Gasteiger partial charge >= 0.3 is 0 Å². The molecule has 4 aromatic rings. The van der Waals surface area contributed by atoms with Gasteiger partial charge < -0.3 is 18.9 Å². The Labute approximate surface area is 193 Å². The average Bonchev–Trinajstić information content (AvgIpc) is 3.20. The maximum atomic E-state index is 12.8. The first-order valence-electron chi connectivity index (χ1n) is 11.0. The lowest BCUT2D eigenvalue weighted by molar-refractivity contribution is 0.0780. The number of benzene rings is 2. The molecule has 2 heterocycles. The molecule has 0 radical (unpaired) electrons. The van der Waals surface area contributed by atoms with Gasteiger partial charge in [0.2, 0.25) is 0 Å². The molecule has 0 unspecified atom stereocenters. The van der Waals surface area contributed by atoms with Crippen LogP contribution in [0.25, 0.3) is 11.0 Å². The minimum Gasteiger partial charge on any atom is -0.497 e. The monoisotopic (exact) mass is 444 g/mol. The summed E-state index contributed by atoms with van der Waals surface area (Å²) in [5.41, 5.74) is 2.63. The molecule has 0 saturated carbocycles. The predicted molar refractivity (Wildman–Crippen MR) is 127 cm³/mol. The Morgan fingerprint density at radius 3 is 2.61 bits per heavy atom. The van der Waals surface area contributed by atoms with E-state index >= 15 is 0 Å². The molecule has 0 aliphatic heterocycles. The number of nitrogens with zero attached hydrogens (tertiary/aromatic N) is 4. The topological polar surface area (TPSA) is 69.5 Å². The minimum atomic E-state index is -0.0531. The number of unbranched alkanes of at least 4 members (excludes halogenated alkanes) is 1. The standard InChI is InChI=1S/C26H28N4O3/c1-29(26(31)20-12-14-27-15-13-20)19-25-28-23-10-3-4-11-24(23)30(25)16-5-6-17-33-22-9-7-8-21(18-22)32-2/h3-4,7-15,18H,5-6,16-17,19H2,1-2H3. The fourth-order valence-electron chi connectivity index (χ4n) is 3.75. The fraction of sp³-hybridized carbons (Fsp3) is 0.269. The number of methoxy groups -OCH3 is 1. The molecular formula is C26H28N4O3. The highest BCUT2D eigenvalue weighted by Gasteiger charge is 2.17. The maximum absolute atomic E-state index is 12.8. The molecule has 0 aliphatic rings. The number of para-hydroxylation sites is 2. The van der Waals surface area contributed by atoms with E-state index in [1.165, 1.54) is 0 Å². The summed E-state index contributed by atoms with van der Waals surface area (Å²) in [6.07, 6.45) is 5.09. The van der Waals surface area contributed by atoms with Gasteiger partial charge in [0.05, 0.1) is 31.3 Å². The molecule has 7 heteroatoms. The largest absolute Gasteiger partial charge is 0.497 e. The summed E-state index contributed by atoms with van der Waals surface area (Å²) >= 11 is 0. The number of hydrogen-bond acceptors (Lipinski definition) is 5. The number of carbonyl (C=O) groups is 1. The second-order valence-electron chi connectivity index (χ2n) is 7.80. The molecule has 4 rings (SSSR count). The van der Waals surface area contributed by atoms with E-state index in [-0.39, 0.29) is 5.91 Å². The number of hydrogen-bond donors (Lipinski definition) is 0. The summed E-state index contributed by atoms with van der Waals surface area (Å²) in [6, 6.07) is 19.2. The van der Waals surface area contributed by atoms with Gasteiger partial charge in [-0.25, -0.2) is 4.98 Å². The number of pyridine rings is 1. The summed E-state index contributed by atoms with van der Waals surface area (Å²) in [6.45, 7) is 1.85. The third-order valence-electron chi connectivity index (χ3n) is 5.47. The third kappa shape index (κ3) is 5.49. The summed E-state index contributed by atoms with van der Waals surface area (Å²) in [5, 5.41) is 0. The van der Waals surface area contributed by atoms with Crippen molar-refractivity contribution >= 4 is 16.9 Å². The van der Waals surface area contributed by atoms with Gasteiger partial charge in [0.15, 0.2) is 0 Å². The molecule has 33 heavy (non-hydrogen) atoms. The van der Waals surface area contributed by atoms with Crippen molar-refractivity contribution in [2.75, 3.05) is 20.8 Å². The molecule has 0 aliphatic carbocycles. The highest BCUT2D eigenvalue weighted by atomic mass is 16.5. The van der Waals surface area contributed by atoms with E-state index in [1.807, 2.05) is 42.5 Å². The molecule has 2 aromatic carbocycles. The van der Waals surface area contributed by atoms with E-state index in [9.17, 15) is 4.79 Å². The smallest absolute Gasteiger partial charge is 0.254 e. The quantitative estimate of drug-likeness (QED) is 0.335. The average molecular weight is 445 g/mol. The van der Waals surface area contributed by atoms with Crippen molar-refractivity contribution < 1.29 is 14.3 Å². The van der Waals surface area contributed by atoms with Crippen molar-refractivity contribution in [1.82, 2.24) is 19.4 Å². The van der Waals surface area contributed by atoms with E-state index in [0.717, 1.165) is 47.7 Å². The van der Waals surface area contributed by atoms with Crippen molar-refractivity contribution in [3.63, 3.8) is 0 Å².